The molecule has 2 heterocycles. The number of likely N-dealkylation sites (N-methyl/N-ethyl adjacent to an activating group) is 1. The molecule has 1 aromatic rings. The monoisotopic (exact) mass is 542 g/mol. The molecule has 0 saturated carbocycles. The van der Waals surface area contributed by atoms with Crippen molar-refractivity contribution < 1.29 is 28.7 Å². The van der Waals surface area contributed by atoms with Gasteiger partial charge < -0.3 is 24.6 Å². The molecular weight excluding hydrogens is 500 g/mol. The number of nitrogens with zero attached hydrogens (tertiary/aromatic N) is 3. The first-order valence-electron chi connectivity index (χ1n) is 13.7. The molecule has 3 atom stereocenters. The van der Waals surface area contributed by atoms with Crippen LogP contribution in [0.3, 0.4) is 0 Å². The lowest BCUT2D eigenvalue weighted by atomic mass is 9.99. The summed E-state index contributed by atoms with van der Waals surface area (Å²) in [7, 11) is 1.65. The topological polar surface area (TPSA) is 108 Å². The molecule has 2 aliphatic heterocycles. The SMILES string of the molecule is C/C(=C\[C@H](C(C)C)N(C)C(=O)CNC=O)C(=O)N1CCC[C@H]1C(=O)OC(CN1CCOCC1)c1ccccc1. The molecule has 0 radical (unpaired) electrons. The number of hydrogen-bond acceptors (Lipinski definition) is 7. The molecule has 1 aromatic carbocycles. The van der Waals surface area contributed by atoms with E-state index in [9.17, 15) is 19.2 Å². The lowest BCUT2D eigenvalue weighted by Crippen LogP contribution is -2.45. The van der Waals surface area contributed by atoms with Gasteiger partial charge >= 0.3 is 5.97 Å². The minimum absolute atomic E-state index is 0.0316. The highest BCUT2D eigenvalue weighted by atomic mass is 16.5. The highest BCUT2D eigenvalue weighted by Gasteiger charge is 2.37. The molecule has 2 fully saturated rings. The number of benzene rings is 1. The summed E-state index contributed by atoms with van der Waals surface area (Å²) in [6.07, 6.45) is 3.06. The second-order valence-electron chi connectivity index (χ2n) is 10.5. The number of carbonyl (C=O) groups is 4. The van der Waals surface area contributed by atoms with Gasteiger partial charge in [0.25, 0.3) is 0 Å². The van der Waals surface area contributed by atoms with Gasteiger partial charge in [0.15, 0.2) is 0 Å². The normalized spacial score (nSPS) is 19.9. The summed E-state index contributed by atoms with van der Waals surface area (Å²) < 4.78 is 11.5. The maximum Gasteiger partial charge on any atom is 0.329 e. The number of likely N-dealkylation sites (tertiary alicyclic amines) is 1. The summed E-state index contributed by atoms with van der Waals surface area (Å²) in [4.78, 5) is 55.4. The first kappa shape index (κ1) is 30.3. The zero-order valence-corrected chi connectivity index (χ0v) is 23.5. The van der Waals surface area contributed by atoms with Crippen LogP contribution in [0.5, 0.6) is 0 Å². The van der Waals surface area contributed by atoms with Crippen LogP contribution in [-0.4, -0.2) is 104 Å². The van der Waals surface area contributed by atoms with E-state index in [1.54, 1.807) is 24.9 Å². The number of amides is 3. The summed E-state index contributed by atoms with van der Waals surface area (Å²) in [5.74, 6) is -0.865. The maximum atomic E-state index is 13.5. The van der Waals surface area contributed by atoms with E-state index in [0.717, 1.165) is 18.7 Å². The van der Waals surface area contributed by atoms with Gasteiger partial charge in [-0.3, -0.25) is 19.3 Å². The van der Waals surface area contributed by atoms with Gasteiger partial charge in [-0.25, -0.2) is 4.79 Å². The van der Waals surface area contributed by atoms with Crippen molar-refractivity contribution in [3.05, 3.63) is 47.5 Å². The van der Waals surface area contributed by atoms with Crippen LogP contribution < -0.4 is 5.32 Å². The standard InChI is InChI=1S/C29H42N4O6/c1-21(2)25(31(4)27(35)18-30-20-34)17-22(3)28(36)33-12-8-11-24(33)29(37)39-26(23-9-6-5-7-10-23)19-32-13-15-38-16-14-32/h5-7,9-10,17,20-21,24-26H,8,11-16,18-19H2,1-4H3,(H,30,34)/b22-17+/t24-,25+,26?/m0/s1. The fourth-order valence-electron chi connectivity index (χ4n) is 5.10. The molecule has 10 nitrogen and oxygen atoms in total. The predicted molar refractivity (Wildman–Crippen MR) is 146 cm³/mol. The number of nitrogens with one attached hydrogen (secondary N) is 1. The van der Waals surface area contributed by atoms with Gasteiger partial charge in [0.1, 0.15) is 12.1 Å². The van der Waals surface area contributed by atoms with E-state index in [2.05, 4.69) is 10.2 Å². The van der Waals surface area contributed by atoms with Crippen molar-refractivity contribution in [1.82, 2.24) is 20.0 Å². The summed E-state index contributed by atoms with van der Waals surface area (Å²) in [5.41, 5.74) is 1.38. The van der Waals surface area contributed by atoms with E-state index in [1.165, 1.54) is 4.90 Å². The van der Waals surface area contributed by atoms with Crippen LogP contribution >= 0.6 is 0 Å². The average Bonchev–Trinajstić information content (AvgIpc) is 3.44. The third-order valence-corrected chi connectivity index (χ3v) is 7.36. The molecule has 214 valence electrons. The van der Waals surface area contributed by atoms with E-state index < -0.39 is 18.1 Å². The third kappa shape index (κ3) is 8.37. The van der Waals surface area contributed by atoms with Crippen LogP contribution in [0.15, 0.2) is 42.0 Å². The van der Waals surface area contributed by atoms with Crippen molar-refractivity contribution >= 4 is 24.2 Å². The van der Waals surface area contributed by atoms with Crippen LogP contribution in [0.4, 0.5) is 0 Å². The fraction of sp³-hybridized carbons (Fsp3) is 0.586. The number of rotatable bonds is 12. The van der Waals surface area contributed by atoms with Crippen LogP contribution in [0.25, 0.3) is 0 Å². The molecule has 39 heavy (non-hydrogen) atoms. The van der Waals surface area contributed by atoms with Gasteiger partial charge in [-0.05, 0) is 31.2 Å². The maximum absolute atomic E-state index is 13.5. The number of morpholine rings is 1. The van der Waals surface area contributed by atoms with Gasteiger partial charge in [0, 0.05) is 38.8 Å². The molecule has 3 rings (SSSR count). The van der Waals surface area contributed by atoms with Crippen molar-refractivity contribution in [3.8, 4) is 0 Å². The van der Waals surface area contributed by atoms with Crippen LogP contribution in [0.2, 0.25) is 0 Å². The summed E-state index contributed by atoms with van der Waals surface area (Å²) in [6, 6.07) is 8.68. The van der Waals surface area contributed by atoms with Crippen molar-refractivity contribution in [2.45, 2.75) is 51.8 Å². The van der Waals surface area contributed by atoms with Gasteiger partial charge in [-0.1, -0.05) is 50.3 Å². The smallest absolute Gasteiger partial charge is 0.329 e. The molecule has 10 heteroatoms. The lowest BCUT2D eigenvalue weighted by Gasteiger charge is -2.32. The average molecular weight is 543 g/mol. The molecule has 0 spiro atoms. The number of ether oxygens (including phenoxy) is 2. The second-order valence-corrected chi connectivity index (χ2v) is 10.5. The summed E-state index contributed by atoms with van der Waals surface area (Å²) in [6.45, 7) is 9.41. The summed E-state index contributed by atoms with van der Waals surface area (Å²) in [5, 5.41) is 2.39. The van der Waals surface area contributed by atoms with Crippen molar-refractivity contribution in [1.29, 1.82) is 0 Å². The van der Waals surface area contributed by atoms with Crippen molar-refractivity contribution in [2.24, 2.45) is 5.92 Å². The Hall–Kier alpha value is -3.24. The predicted octanol–water partition coefficient (Wildman–Crippen LogP) is 1.77. The highest BCUT2D eigenvalue weighted by molar-refractivity contribution is 5.96. The Morgan fingerprint density at radius 3 is 2.49 bits per heavy atom. The first-order chi connectivity index (χ1) is 18.7. The van der Waals surface area contributed by atoms with E-state index in [4.69, 9.17) is 9.47 Å². The molecular formula is C29H42N4O6. The zero-order valence-electron chi connectivity index (χ0n) is 23.5. The minimum Gasteiger partial charge on any atom is -0.455 e. The van der Waals surface area contributed by atoms with Gasteiger partial charge in [0.05, 0.1) is 25.8 Å². The Kier molecular flexibility index (Phi) is 11.5. The number of hydrogen-bond donors (Lipinski definition) is 1. The fourth-order valence-corrected chi connectivity index (χ4v) is 5.10. The van der Waals surface area contributed by atoms with E-state index in [1.807, 2.05) is 44.2 Å². The first-order valence-corrected chi connectivity index (χ1v) is 13.7. The number of carbonyl (C=O) groups excluding carboxylic acids is 4. The van der Waals surface area contributed by atoms with Gasteiger partial charge in [-0.15, -0.1) is 0 Å². The number of esters is 1. The molecule has 1 N–H and O–H groups in total. The van der Waals surface area contributed by atoms with Gasteiger partial charge in [-0.2, -0.15) is 0 Å². The highest BCUT2D eigenvalue weighted by Crippen LogP contribution is 2.26. The quantitative estimate of drug-likeness (QED) is 0.244. The largest absolute Gasteiger partial charge is 0.455 e. The second kappa shape index (κ2) is 14.8. The zero-order chi connectivity index (χ0) is 28.4. The Balaban J connectivity index is 1.72. The molecule has 2 saturated heterocycles. The molecule has 0 aliphatic carbocycles. The van der Waals surface area contributed by atoms with E-state index in [-0.39, 0.29) is 30.3 Å². The lowest BCUT2D eigenvalue weighted by molar-refractivity contribution is -0.159. The Labute approximate surface area is 231 Å². The van der Waals surface area contributed by atoms with Crippen molar-refractivity contribution in [3.63, 3.8) is 0 Å². The molecule has 3 amide bonds. The summed E-state index contributed by atoms with van der Waals surface area (Å²) >= 11 is 0. The molecule has 1 unspecified atom stereocenters. The van der Waals surface area contributed by atoms with E-state index in [0.29, 0.717) is 51.1 Å². The van der Waals surface area contributed by atoms with Crippen molar-refractivity contribution in [2.75, 3.05) is 53.0 Å². The van der Waals surface area contributed by atoms with Gasteiger partial charge in [0.2, 0.25) is 18.2 Å². The van der Waals surface area contributed by atoms with Crippen LogP contribution in [-0.2, 0) is 28.7 Å². The van der Waals surface area contributed by atoms with Crippen LogP contribution in [0.1, 0.15) is 45.3 Å². The Morgan fingerprint density at radius 2 is 1.85 bits per heavy atom. The molecule has 0 aromatic heterocycles. The van der Waals surface area contributed by atoms with Crippen LogP contribution in [0, 0.1) is 5.92 Å². The van der Waals surface area contributed by atoms with E-state index >= 15 is 0 Å². The Morgan fingerprint density at radius 1 is 1.15 bits per heavy atom. The Bertz CT molecular complexity index is 1010. The third-order valence-electron chi connectivity index (χ3n) is 7.36. The minimum atomic E-state index is -0.662. The molecule has 2 aliphatic rings. The molecule has 0 bridgehead atoms.